The molecule has 1 aliphatic heterocycles. The maximum atomic E-state index is 12.3. The second-order valence-corrected chi connectivity index (χ2v) is 6.88. The molecule has 1 saturated heterocycles. The van der Waals surface area contributed by atoms with Gasteiger partial charge in [-0.05, 0) is 54.0 Å². The van der Waals surface area contributed by atoms with E-state index in [0.717, 1.165) is 34.6 Å². The van der Waals surface area contributed by atoms with Crippen molar-refractivity contribution in [3.63, 3.8) is 0 Å². The highest BCUT2D eigenvalue weighted by atomic mass is 79.9. The molecule has 1 aromatic heterocycles. The van der Waals surface area contributed by atoms with Crippen molar-refractivity contribution in [2.75, 3.05) is 20.2 Å². The van der Waals surface area contributed by atoms with Crippen LogP contribution in [-0.2, 0) is 16.1 Å². The summed E-state index contributed by atoms with van der Waals surface area (Å²) in [6, 6.07) is 4.00. The summed E-state index contributed by atoms with van der Waals surface area (Å²) < 4.78 is 6.56. The summed E-state index contributed by atoms with van der Waals surface area (Å²) in [7, 11) is 1.62. The number of amides is 1. The number of hydrogen-bond donors (Lipinski definition) is 2. The van der Waals surface area contributed by atoms with Crippen molar-refractivity contribution in [1.29, 1.82) is 0 Å². The van der Waals surface area contributed by atoms with Crippen LogP contribution in [-0.4, -0.2) is 31.7 Å². The minimum Gasteiger partial charge on any atom is -0.368 e. The molecule has 2 N–H and O–H groups in total. The van der Waals surface area contributed by atoms with E-state index in [9.17, 15) is 4.79 Å². The van der Waals surface area contributed by atoms with E-state index in [1.807, 2.05) is 12.1 Å². The number of carbonyl (C=O) groups is 1. The van der Waals surface area contributed by atoms with E-state index in [1.54, 1.807) is 18.4 Å². The molecule has 0 spiro atoms. The van der Waals surface area contributed by atoms with Gasteiger partial charge in [0.15, 0.2) is 0 Å². The van der Waals surface area contributed by atoms with Crippen molar-refractivity contribution in [1.82, 2.24) is 10.6 Å². The molecule has 0 aromatic carbocycles. The van der Waals surface area contributed by atoms with Crippen LogP contribution in [0.4, 0.5) is 0 Å². The molecule has 1 fully saturated rings. The molecule has 0 atom stereocenters. The quantitative estimate of drug-likeness (QED) is 0.856. The molecule has 7 heteroatoms. The number of ether oxygens (including phenoxy) is 1. The largest absolute Gasteiger partial charge is 0.368 e. The van der Waals surface area contributed by atoms with Gasteiger partial charge in [-0.25, -0.2) is 0 Å². The average molecular weight is 370 g/mol. The third-order valence-electron chi connectivity index (χ3n) is 3.27. The predicted molar refractivity (Wildman–Crippen MR) is 83.0 cm³/mol. The molecule has 1 aliphatic rings. The number of piperidine rings is 1. The van der Waals surface area contributed by atoms with Crippen molar-refractivity contribution in [3.05, 3.63) is 20.8 Å². The van der Waals surface area contributed by atoms with Crippen LogP contribution in [0.2, 0.25) is 0 Å². The number of hydrogen-bond acceptors (Lipinski definition) is 4. The van der Waals surface area contributed by atoms with Gasteiger partial charge >= 0.3 is 0 Å². The Morgan fingerprint density at radius 2 is 2.21 bits per heavy atom. The van der Waals surface area contributed by atoms with Crippen LogP contribution in [0.5, 0.6) is 0 Å². The SMILES string of the molecule is COC1(C(=O)NCc2ccc(Br)s2)CCNCC1.Cl. The summed E-state index contributed by atoms with van der Waals surface area (Å²) >= 11 is 5.04. The van der Waals surface area contributed by atoms with E-state index >= 15 is 0 Å². The zero-order valence-electron chi connectivity index (χ0n) is 10.7. The molecule has 1 aromatic rings. The molecule has 0 aliphatic carbocycles. The molecule has 4 nitrogen and oxygen atoms in total. The van der Waals surface area contributed by atoms with Crippen molar-refractivity contribution in [2.24, 2.45) is 0 Å². The summed E-state index contributed by atoms with van der Waals surface area (Å²) in [5.41, 5.74) is -0.653. The highest BCUT2D eigenvalue weighted by molar-refractivity contribution is 9.11. The zero-order chi connectivity index (χ0) is 13.0. The molecule has 2 rings (SSSR count). The van der Waals surface area contributed by atoms with E-state index in [1.165, 1.54) is 0 Å². The Bertz CT molecular complexity index is 422. The highest BCUT2D eigenvalue weighted by Crippen LogP contribution is 2.24. The summed E-state index contributed by atoms with van der Waals surface area (Å²) in [4.78, 5) is 13.4. The topological polar surface area (TPSA) is 50.4 Å². The van der Waals surface area contributed by atoms with Gasteiger partial charge in [-0.15, -0.1) is 23.7 Å². The van der Waals surface area contributed by atoms with E-state index in [4.69, 9.17) is 4.74 Å². The normalized spacial score (nSPS) is 17.6. The number of halogens is 2. The maximum Gasteiger partial charge on any atom is 0.252 e. The smallest absolute Gasteiger partial charge is 0.252 e. The van der Waals surface area contributed by atoms with Gasteiger partial charge < -0.3 is 15.4 Å². The molecule has 0 saturated carbocycles. The monoisotopic (exact) mass is 368 g/mol. The van der Waals surface area contributed by atoms with Crippen LogP contribution in [0.1, 0.15) is 17.7 Å². The molecule has 0 radical (unpaired) electrons. The van der Waals surface area contributed by atoms with Gasteiger partial charge in [0, 0.05) is 12.0 Å². The standard InChI is InChI=1S/C12H17BrN2O2S.ClH/c1-17-12(4-6-14-7-5-12)11(16)15-8-9-2-3-10(13)18-9;/h2-3,14H,4-8H2,1H3,(H,15,16);1H. The summed E-state index contributed by atoms with van der Waals surface area (Å²) in [5, 5.41) is 6.21. The number of rotatable bonds is 4. The number of methoxy groups -OCH3 is 1. The van der Waals surface area contributed by atoms with Gasteiger partial charge in [0.25, 0.3) is 5.91 Å². The van der Waals surface area contributed by atoms with Gasteiger partial charge in [0.2, 0.25) is 0 Å². The van der Waals surface area contributed by atoms with Crippen LogP contribution in [0, 0.1) is 0 Å². The molecule has 2 heterocycles. The Kier molecular flexibility index (Phi) is 6.76. The first-order valence-corrected chi connectivity index (χ1v) is 7.56. The van der Waals surface area contributed by atoms with Crippen LogP contribution in [0.15, 0.2) is 15.9 Å². The number of carbonyl (C=O) groups excluding carboxylic acids is 1. The Morgan fingerprint density at radius 1 is 1.53 bits per heavy atom. The fourth-order valence-corrected chi connectivity index (χ4v) is 3.55. The van der Waals surface area contributed by atoms with E-state index in [-0.39, 0.29) is 18.3 Å². The Balaban J connectivity index is 0.00000180. The first-order valence-electron chi connectivity index (χ1n) is 5.95. The molecular formula is C12H18BrClN2O2S. The fourth-order valence-electron chi connectivity index (χ4n) is 2.13. The molecule has 19 heavy (non-hydrogen) atoms. The molecule has 0 unspecified atom stereocenters. The maximum absolute atomic E-state index is 12.3. The predicted octanol–water partition coefficient (Wildman–Crippen LogP) is 2.32. The van der Waals surface area contributed by atoms with Crippen molar-refractivity contribution in [3.8, 4) is 0 Å². The van der Waals surface area contributed by atoms with E-state index < -0.39 is 5.60 Å². The van der Waals surface area contributed by atoms with Gasteiger partial charge in [-0.3, -0.25) is 4.79 Å². The lowest BCUT2D eigenvalue weighted by molar-refractivity contribution is -0.146. The lowest BCUT2D eigenvalue weighted by Gasteiger charge is -2.34. The van der Waals surface area contributed by atoms with Crippen molar-refractivity contribution >= 4 is 45.6 Å². The van der Waals surface area contributed by atoms with Crippen molar-refractivity contribution in [2.45, 2.75) is 25.0 Å². The third kappa shape index (κ3) is 4.16. The number of nitrogens with one attached hydrogen (secondary N) is 2. The van der Waals surface area contributed by atoms with Gasteiger partial charge in [-0.1, -0.05) is 0 Å². The van der Waals surface area contributed by atoms with Crippen LogP contribution in [0.25, 0.3) is 0 Å². The van der Waals surface area contributed by atoms with Crippen LogP contribution < -0.4 is 10.6 Å². The average Bonchev–Trinajstić information content (AvgIpc) is 2.82. The summed E-state index contributed by atoms with van der Waals surface area (Å²) in [6.07, 6.45) is 1.45. The molecule has 108 valence electrons. The highest BCUT2D eigenvalue weighted by Gasteiger charge is 2.39. The van der Waals surface area contributed by atoms with Gasteiger partial charge in [-0.2, -0.15) is 0 Å². The Morgan fingerprint density at radius 3 is 2.74 bits per heavy atom. The van der Waals surface area contributed by atoms with Crippen LogP contribution in [0.3, 0.4) is 0 Å². The van der Waals surface area contributed by atoms with E-state index in [2.05, 4.69) is 26.6 Å². The Labute approximate surface area is 131 Å². The minimum atomic E-state index is -0.653. The zero-order valence-corrected chi connectivity index (χ0v) is 13.9. The lowest BCUT2D eigenvalue weighted by Crippen LogP contribution is -2.53. The summed E-state index contributed by atoms with van der Waals surface area (Å²) in [5.74, 6) is -0.00368. The van der Waals surface area contributed by atoms with Crippen LogP contribution >= 0.6 is 39.7 Å². The van der Waals surface area contributed by atoms with E-state index in [0.29, 0.717) is 6.54 Å². The second-order valence-electron chi connectivity index (χ2n) is 4.34. The molecule has 1 amide bonds. The second kappa shape index (κ2) is 7.59. The summed E-state index contributed by atoms with van der Waals surface area (Å²) in [6.45, 7) is 2.21. The molecular weight excluding hydrogens is 352 g/mol. The first kappa shape index (κ1) is 16.9. The fraction of sp³-hybridized carbons (Fsp3) is 0.583. The van der Waals surface area contributed by atoms with Gasteiger partial charge in [0.1, 0.15) is 5.60 Å². The lowest BCUT2D eigenvalue weighted by atomic mass is 9.91. The molecule has 0 bridgehead atoms. The Hall–Kier alpha value is -0.140. The van der Waals surface area contributed by atoms with Crippen molar-refractivity contribution < 1.29 is 9.53 Å². The first-order chi connectivity index (χ1) is 8.66. The number of thiophene rings is 1. The third-order valence-corrected chi connectivity index (χ3v) is 4.89. The minimum absolute atomic E-state index is 0. The van der Waals surface area contributed by atoms with Gasteiger partial charge in [0.05, 0.1) is 10.3 Å².